The molecule has 0 bridgehead atoms. The normalized spacial score (nSPS) is 11.8. The number of unbranched alkanes of at least 4 members (excludes halogenated alkanes) is 2. The average Bonchev–Trinajstić information content (AvgIpc) is 2.54. The average molecular weight is 497 g/mol. The molecule has 0 amide bonds. The van der Waals surface area contributed by atoms with Gasteiger partial charge in [-0.25, -0.2) is 13.4 Å². The van der Waals surface area contributed by atoms with Crippen LogP contribution in [0.3, 0.4) is 0 Å². The molecule has 0 spiro atoms. The van der Waals surface area contributed by atoms with Crippen molar-refractivity contribution < 1.29 is 13.2 Å². The largest absolute Gasteiger partial charge is 0.385 e. The fourth-order valence-electron chi connectivity index (χ4n) is 2.49. The van der Waals surface area contributed by atoms with E-state index in [1.54, 1.807) is 13.2 Å². The number of hydrogen-bond donors (Lipinski definition) is 2. The summed E-state index contributed by atoms with van der Waals surface area (Å²) in [4.78, 5) is 4.95. The lowest BCUT2D eigenvalue weighted by atomic mass is 10.1. The number of aliphatic imine (C=N–C) groups is 1. The van der Waals surface area contributed by atoms with E-state index in [-0.39, 0.29) is 24.0 Å². The first kappa shape index (κ1) is 25.1. The number of ether oxygens (including phenoxy) is 1. The molecule has 1 aromatic rings. The molecule has 0 atom stereocenters. The van der Waals surface area contributed by atoms with Crippen molar-refractivity contribution in [2.45, 2.75) is 44.6 Å². The molecule has 1 aromatic carbocycles. The molecule has 0 aliphatic rings. The second kappa shape index (κ2) is 13.3. The van der Waals surface area contributed by atoms with E-state index in [4.69, 9.17) is 4.74 Å². The third kappa shape index (κ3) is 9.72. The fourth-order valence-corrected chi connectivity index (χ4v) is 3.45. The van der Waals surface area contributed by atoms with E-state index >= 15 is 0 Å². The number of sulfone groups is 1. The van der Waals surface area contributed by atoms with Gasteiger partial charge in [-0.15, -0.1) is 24.0 Å². The first-order chi connectivity index (χ1) is 11.9. The molecular formula is C18H32IN3O3S. The van der Waals surface area contributed by atoms with Gasteiger partial charge in [0.1, 0.15) is 0 Å². The minimum Gasteiger partial charge on any atom is -0.385 e. The maximum absolute atomic E-state index is 11.7. The molecule has 0 unspecified atom stereocenters. The van der Waals surface area contributed by atoms with Crippen molar-refractivity contribution in [1.82, 2.24) is 10.6 Å². The lowest BCUT2D eigenvalue weighted by Crippen LogP contribution is -2.37. The van der Waals surface area contributed by atoms with E-state index in [1.807, 2.05) is 26.0 Å². The number of methoxy groups -OCH3 is 1. The van der Waals surface area contributed by atoms with E-state index in [1.165, 1.54) is 6.26 Å². The monoisotopic (exact) mass is 497 g/mol. The van der Waals surface area contributed by atoms with Crippen LogP contribution in [-0.2, 0) is 21.1 Å². The molecule has 8 heteroatoms. The second-order valence-electron chi connectivity index (χ2n) is 6.05. The molecule has 0 saturated carbocycles. The van der Waals surface area contributed by atoms with Crippen LogP contribution < -0.4 is 10.6 Å². The van der Waals surface area contributed by atoms with E-state index in [9.17, 15) is 8.42 Å². The van der Waals surface area contributed by atoms with E-state index < -0.39 is 9.84 Å². The Morgan fingerprint density at radius 1 is 1.19 bits per heavy atom. The fraction of sp³-hybridized carbons (Fsp3) is 0.611. The standard InChI is InChI=1S/C18H31N3O3S.HI/c1-5-19-18(20-11-7-6-8-12-24-3)21-14-16-9-10-17(15(2)13-16)25(4,22)23;/h9-10,13H,5-8,11-12,14H2,1-4H3,(H2,19,20,21);1H. The van der Waals surface area contributed by atoms with Gasteiger partial charge in [0.25, 0.3) is 0 Å². The minimum absolute atomic E-state index is 0. The van der Waals surface area contributed by atoms with Crippen LogP contribution in [0.25, 0.3) is 0 Å². The molecule has 0 fully saturated rings. The summed E-state index contributed by atoms with van der Waals surface area (Å²) in [6, 6.07) is 5.36. The van der Waals surface area contributed by atoms with Crippen molar-refractivity contribution in [2.75, 3.05) is 33.1 Å². The highest BCUT2D eigenvalue weighted by Crippen LogP contribution is 2.17. The van der Waals surface area contributed by atoms with Gasteiger partial charge in [0, 0.05) is 33.1 Å². The lowest BCUT2D eigenvalue weighted by Gasteiger charge is -2.11. The quantitative estimate of drug-likeness (QED) is 0.225. The van der Waals surface area contributed by atoms with Crippen LogP contribution >= 0.6 is 24.0 Å². The summed E-state index contributed by atoms with van der Waals surface area (Å²) in [5.74, 6) is 0.777. The molecule has 150 valence electrons. The summed E-state index contributed by atoms with van der Waals surface area (Å²) in [6.07, 6.45) is 4.48. The van der Waals surface area contributed by atoms with Crippen molar-refractivity contribution in [1.29, 1.82) is 0 Å². The lowest BCUT2D eigenvalue weighted by molar-refractivity contribution is 0.192. The molecule has 26 heavy (non-hydrogen) atoms. The number of rotatable bonds is 10. The van der Waals surface area contributed by atoms with Crippen molar-refractivity contribution in [3.8, 4) is 0 Å². The van der Waals surface area contributed by atoms with Crippen LogP contribution in [0.5, 0.6) is 0 Å². The maximum atomic E-state index is 11.7. The van der Waals surface area contributed by atoms with E-state index in [0.717, 1.165) is 56.0 Å². The summed E-state index contributed by atoms with van der Waals surface area (Å²) in [5, 5.41) is 6.54. The Morgan fingerprint density at radius 2 is 1.92 bits per heavy atom. The van der Waals surface area contributed by atoms with Crippen LogP contribution in [0.15, 0.2) is 28.1 Å². The van der Waals surface area contributed by atoms with Crippen molar-refractivity contribution in [2.24, 2.45) is 4.99 Å². The van der Waals surface area contributed by atoms with Gasteiger partial charge in [-0.05, 0) is 50.3 Å². The summed E-state index contributed by atoms with van der Waals surface area (Å²) < 4.78 is 28.4. The van der Waals surface area contributed by atoms with Crippen LogP contribution in [0.2, 0.25) is 0 Å². The highest BCUT2D eigenvalue weighted by Gasteiger charge is 2.10. The number of guanidine groups is 1. The van der Waals surface area contributed by atoms with E-state index in [0.29, 0.717) is 11.4 Å². The Labute approximate surface area is 175 Å². The predicted octanol–water partition coefficient (Wildman–Crippen LogP) is 2.89. The molecule has 0 aliphatic carbocycles. The highest BCUT2D eigenvalue weighted by molar-refractivity contribution is 14.0. The number of halogens is 1. The molecule has 1 rings (SSSR count). The first-order valence-electron chi connectivity index (χ1n) is 8.69. The number of nitrogens with one attached hydrogen (secondary N) is 2. The SMILES string of the molecule is CCNC(=NCc1ccc(S(C)(=O)=O)c(C)c1)NCCCCCOC.I. The third-order valence-electron chi connectivity index (χ3n) is 3.72. The highest BCUT2D eigenvalue weighted by atomic mass is 127. The van der Waals surface area contributed by atoms with Crippen molar-refractivity contribution in [3.63, 3.8) is 0 Å². The Kier molecular flexibility index (Phi) is 12.9. The van der Waals surface area contributed by atoms with Gasteiger partial charge < -0.3 is 15.4 Å². The molecule has 0 heterocycles. The van der Waals surface area contributed by atoms with Crippen LogP contribution in [0, 0.1) is 6.92 Å². The Hall–Kier alpha value is -0.870. The molecule has 0 aliphatic heterocycles. The zero-order valence-electron chi connectivity index (χ0n) is 16.2. The molecule has 0 radical (unpaired) electrons. The summed E-state index contributed by atoms with van der Waals surface area (Å²) >= 11 is 0. The molecule has 6 nitrogen and oxygen atoms in total. The van der Waals surface area contributed by atoms with Crippen LogP contribution in [0.4, 0.5) is 0 Å². The van der Waals surface area contributed by atoms with Gasteiger partial charge in [0.15, 0.2) is 15.8 Å². The van der Waals surface area contributed by atoms with Gasteiger partial charge in [0.2, 0.25) is 0 Å². The Morgan fingerprint density at radius 3 is 2.50 bits per heavy atom. The number of hydrogen-bond acceptors (Lipinski definition) is 4. The zero-order valence-corrected chi connectivity index (χ0v) is 19.3. The van der Waals surface area contributed by atoms with Crippen molar-refractivity contribution >= 4 is 39.8 Å². The molecule has 2 N–H and O–H groups in total. The number of aryl methyl sites for hydroxylation is 1. The van der Waals surface area contributed by atoms with E-state index in [2.05, 4.69) is 15.6 Å². The van der Waals surface area contributed by atoms with Gasteiger partial charge in [-0.1, -0.05) is 12.1 Å². The van der Waals surface area contributed by atoms with Gasteiger partial charge in [-0.2, -0.15) is 0 Å². The summed E-state index contributed by atoms with van der Waals surface area (Å²) in [6.45, 7) is 6.80. The Bertz CT molecular complexity index is 664. The molecular weight excluding hydrogens is 465 g/mol. The smallest absolute Gasteiger partial charge is 0.191 e. The third-order valence-corrected chi connectivity index (χ3v) is 4.98. The molecule has 0 saturated heterocycles. The van der Waals surface area contributed by atoms with Crippen LogP contribution in [-0.4, -0.2) is 47.4 Å². The number of nitrogens with zero attached hydrogens (tertiary/aromatic N) is 1. The first-order valence-corrected chi connectivity index (χ1v) is 10.6. The maximum Gasteiger partial charge on any atom is 0.191 e. The molecule has 0 aromatic heterocycles. The number of benzene rings is 1. The van der Waals surface area contributed by atoms with Gasteiger partial charge in [-0.3, -0.25) is 0 Å². The van der Waals surface area contributed by atoms with Crippen molar-refractivity contribution in [3.05, 3.63) is 29.3 Å². The summed E-state index contributed by atoms with van der Waals surface area (Å²) in [7, 11) is -1.46. The zero-order chi connectivity index (χ0) is 18.7. The Balaban J connectivity index is 0.00000625. The van der Waals surface area contributed by atoms with Gasteiger partial charge >= 0.3 is 0 Å². The summed E-state index contributed by atoms with van der Waals surface area (Å²) in [5.41, 5.74) is 1.74. The van der Waals surface area contributed by atoms with Gasteiger partial charge in [0.05, 0.1) is 11.4 Å². The second-order valence-corrected chi connectivity index (χ2v) is 8.03. The van der Waals surface area contributed by atoms with Crippen LogP contribution in [0.1, 0.15) is 37.3 Å². The predicted molar refractivity (Wildman–Crippen MR) is 118 cm³/mol. The minimum atomic E-state index is -3.18. The topological polar surface area (TPSA) is 79.8 Å².